The molecule has 6 heteroatoms. The summed E-state index contributed by atoms with van der Waals surface area (Å²) in [5.74, 6) is 0.955. The molecule has 1 amide bonds. The Hall–Kier alpha value is -2.24. The highest BCUT2D eigenvalue weighted by Gasteiger charge is 2.31. The van der Waals surface area contributed by atoms with Gasteiger partial charge in [-0.15, -0.1) is 0 Å². The first-order valence-corrected chi connectivity index (χ1v) is 8.03. The van der Waals surface area contributed by atoms with Gasteiger partial charge in [0, 0.05) is 31.1 Å². The Labute approximate surface area is 136 Å². The molecule has 0 radical (unpaired) electrons. The zero-order valence-electron chi connectivity index (χ0n) is 14.2. The van der Waals surface area contributed by atoms with Crippen molar-refractivity contribution in [2.24, 2.45) is 0 Å². The number of rotatable bonds is 1. The predicted octanol–water partition coefficient (Wildman–Crippen LogP) is 3.01. The Balaban J connectivity index is 1.72. The average molecular weight is 316 g/mol. The number of carbonyl (C=O) groups is 1. The van der Waals surface area contributed by atoms with E-state index in [4.69, 9.17) is 4.74 Å². The number of H-pyrrole nitrogens is 1. The summed E-state index contributed by atoms with van der Waals surface area (Å²) in [6.07, 6.45) is -0.239. The fraction of sp³-hybridized carbons (Fsp3) is 0.529. The largest absolute Gasteiger partial charge is 0.444 e. The van der Waals surface area contributed by atoms with Gasteiger partial charge in [-0.25, -0.2) is 4.79 Å². The molecule has 0 bridgehead atoms. The number of piperazine rings is 1. The van der Waals surface area contributed by atoms with Crippen LogP contribution in [0.4, 0.5) is 10.6 Å². The molecule has 0 saturated carbocycles. The number of anilines is 1. The summed E-state index contributed by atoms with van der Waals surface area (Å²) in [6.45, 7) is 9.85. The topological polar surface area (TPSA) is 61.5 Å². The number of benzene rings is 1. The minimum atomic E-state index is -0.466. The molecule has 6 nitrogen and oxygen atoms in total. The van der Waals surface area contributed by atoms with Gasteiger partial charge >= 0.3 is 6.09 Å². The van der Waals surface area contributed by atoms with E-state index in [-0.39, 0.29) is 12.1 Å². The van der Waals surface area contributed by atoms with Crippen molar-refractivity contribution < 1.29 is 9.53 Å². The van der Waals surface area contributed by atoms with Crippen molar-refractivity contribution in [3.05, 3.63) is 24.3 Å². The van der Waals surface area contributed by atoms with E-state index in [1.54, 1.807) is 4.90 Å². The Kier molecular flexibility index (Phi) is 3.92. The van der Waals surface area contributed by atoms with Gasteiger partial charge in [-0.2, -0.15) is 5.10 Å². The molecule has 0 aliphatic carbocycles. The lowest BCUT2D eigenvalue weighted by Gasteiger charge is -2.40. The van der Waals surface area contributed by atoms with Crippen LogP contribution in [-0.4, -0.2) is 52.5 Å². The summed E-state index contributed by atoms with van der Waals surface area (Å²) >= 11 is 0. The normalized spacial score (nSPS) is 19.2. The maximum absolute atomic E-state index is 12.3. The molecule has 3 rings (SSSR count). The highest BCUT2D eigenvalue weighted by atomic mass is 16.6. The van der Waals surface area contributed by atoms with Crippen molar-refractivity contribution in [1.29, 1.82) is 0 Å². The highest BCUT2D eigenvalue weighted by molar-refractivity contribution is 5.90. The lowest BCUT2D eigenvalue weighted by molar-refractivity contribution is 0.0159. The number of fused-ring (bicyclic) bond motifs is 1. The van der Waals surface area contributed by atoms with E-state index in [0.29, 0.717) is 6.54 Å². The van der Waals surface area contributed by atoms with E-state index in [9.17, 15) is 4.79 Å². The smallest absolute Gasteiger partial charge is 0.410 e. The standard InChI is InChI=1S/C17H24N4O2/c1-12-11-20(9-10-21(12)16(22)23-17(2,3)4)15-13-7-5-6-8-14(13)18-19-15/h5-8,12H,9-11H2,1-4H3,(H,18,19)/t12-/m0/s1. The van der Waals surface area contributed by atoms with Crippen LogP contribution in [-0.2, 0) is 4.74 Å². The Morgan fingerprint density at radius 3 is 2.74 bits per heavy atom. The van der Waals surface area contributed by atoms with Gasteiger partial charge in [-0.1, -0.05) is 12.1 Å². The van der Waals surface area contributed by atoms with E-state index in [1.165, 1.54) is 0 Å². The summed E-state index contributed by atoms with van der Waals surface area (Å²) in [7, 11) is 0. The van der Waals surface area contributed by atoms with E-state index >= 15 is 0 Å². The van der Waals surface area contributed by atoms with Crippen LogP contribution >= 0.6 is 0 Å². The van der Waals surface area contributed by atoms with Crippen LogP contribution in [0.15, 0.2) is 24.3 Å². The number of hydrogen-bond donors (Lipinski definition) is 1. The zero-order valence-corrected chi connectivity index (χ0v) is 14.2. The van der Waals surface area contributed by atoms with E-state index < -0.39 is 5.60 Å². The summed E-state index contributed by atoms with van der Waals surface area (Å²) in [5, 5.41) is 8.63. The van der Waals surface area contributed by atoms with Gasteiger partial charge in [0.1, 0.15) is 5.60 Å². The van der Waals surface area contributed by atoms with Crippen LogP contribution in [0.1, 0.15) is 27.7 Å². The number of nitrogens with one attached hydrogen (secondary N) is 1. The molecule has 2 heterocycles. The van der Waals surface area contributed by atoms with Gasteiger partial charge in [0.15, 0.2) is 5.82 Å². The third kappa shape index (κ3) is 3.25. The average Bonchev–Trinajstić information content (AvgIpc) is 2.89. The van der Waals surface area contributed by atoms with Crippen LogP contribution in [0.2, 0.25) is 0 Å². The maximum atomic E-state index is 12.3. The zero-order chi connectivity index (χ0) is 16.6. The van der Waals surface area contributed by atoms with Crippen LogP contribution < -0.4 is 4.90 Å². The molecule has 1 fully saturated rings. The Bertz CT molecular complexity index is 704. The molecular weight excluding hydrogens is 292 g/mol. The highest BCUT2D eigenvalue weighted by Crippen LogP contribution is 2.26. The van der Waals surface area contributed by atoms with Crippen molar-refractivity contribution >= 4 is 22.8 Å². The number of para-hydroxylation sites is 1. The molecule has 0 unspecified atom stereocenters. The molecule has 2 aromatic rings. The van der Waals surface area contributed by atoms with Crippen molar-refractivity contribution in [3.63, 3.8) is 0 Å². The minimum absolute atomic E-state index is 0.0778. The summed E-state index contributed by atoms with van der Waals surface area (Å²) in [6, 6.07) is 8.18. The summed E-state index contributed by atoms with van der Waals surface area (Å²) < 4.78 is 5.49. The molecule has 124 valence electrons. The van der Waals surface area contributed by atoms with E-state index in [1.807, 2.05) is 45.9 Å². The molecule has 1 aliphatic heterocycles. The van der Waals surface area contributed by atoms with E-state index in [0.717, 1.165) is 29.8 Å². The third-order valence-electron chi connectivity index (χ3n) is 4.01. The quantitative estimate of drug-likeness (QED) is 0.878. The fourth-order valence-electron chi connectivity index (χ4n) is 2.93. The molecule has 23 heavy (non-hydrogen) atoms. The SMILES string of the molecule is C[C@H]1CN(c2n[nH]c3ccccc23)CCN1C(=O)OC(C)(C)C. The first-order chi connectivity index (χ1) is 10.8. The molecule has 1 aromatic carbocycles. The molecule has 1 atom stereocenters. The molecule has 1 aromatic heterocycles. The Morgan fingerprint density at radius 1 is 1.30 bits per heavy atom. The lowest BCUT2D eigenvalue weighted by atomic mass is 10.1. The number of nitrogens with zero attached hydrogens (tertiary/aromatic N) is 3. The van der Waals surface area contributed by atoms with Crippen molar-refractivity contribution in [1.82, 2.24) is 15.1 Å². The monoisotopic (exact) mass is 316 g/mol. The van der Waals surface area contributed by atoms with Gasteiger partial charge < -0.3 is 14.5 Å². The van der Waals surface area contributed by atoms with Crippen LogP contribution in [0.3, 0.4) is 0 Å². The van der Waals surface area contributed by atoms with Gasteiger partial charge in [0.05, 0.1) is 5.52 Å². The molecule has 1 N–H and O–H groups in total. The first kappa shape index (κ1) is 15.6. The van der Waals surface area contributed by atoms with Crippen LogP contribution in [0.5, 0.6) is 0 Å². The maximum Gasteiger partial charge on any atom is 0.410 e. The predicted molar refractivity (Wildman–Crippen MR) is 90.7 cm³/mol. The number of hydrogen-bond acceptors (Lipinski definition) is 4. The van der Waals surface area contributed by atoms with Crippen molar-refractivity contribution in [2.75, 3.05) is 24.5 Å². The number of ether oxygens (including phenoxy) is 1. The summed E-state index contributed by atoms with van der Waals surface area (Å²) in [4.78, 5) is 16.3. The van der Waals surface area contributed by atoms with Gasteiger partial charge in [-0.05, 0) is 39.8 Å². The van der Waals surface area contributed by atoms with Gasteiger partial charge in [0.2, 0.25) is 0 Å². The lowest BCUT2D eigenvalue weighted by Crippen LogP contribution is -2.55. The molecule has 0 spiro atoms. The van der Waals surface area contributed by atoms with Crippen molar-refractivity contribution in [3.8, 4) is 0 Å². The minimum Gasteiger partial charge on any atom is -0.444 e. The first-order valence-electron chi connectivity index (χ1n) is 8.03. The number of amides is 1. The third-order valence-corrected chi connectivity index (χ3v) is 4.01. The van der Waals surface area contributed by atoms with Crippen molar-refractivity contribution in [2.45, 2.75) is 39.3 Å². The van der Waals surface area contributed by atoms with Crippen LogP contribution in [0, 0.1) is 0 Å². The fourth-order valence-corrected chi connectivity index (χ4v) is 2.93. The number of aromatic nitrogens is 2. The second-order valence-electron chi connectivity index (χ2n) is 7.06. The second-order valence-corrected chi connectivity index (χ2v) is 7.06. The Morgan fingerprint density at radius 2 is 2.04 bits per heavy atom. The van der Waals surface area contributed by atoms with Gasteiger partial charge in [-0.3, -0.25) is 5.10 Å². The second kappa shape index (κ2) is 5.76. The van der Waals surface area contributed by atoms with Crippen LogP contribution in [0.25, 0.3) is 10.9 Å². The molecule has 1 aliphatic rings. The molecule has 1 saturated heterocycles. The number of carbonyl (C=O) groups excluding carboxylic acids is 1. The molecular formula is C17H24N4O2. The van der Waals surface area contributed by atoms with Gasteiger partial charge in [0.25, 0.3) is 0 Å². The summed E-state index contributed by atoms with van der Waals surface area (Å²) in [5.41, 5.74) is 0.566. The number of aromatic amines is 1. The van der Waals surface area contributed by atoms with E-state index in [2.05, 4.69) is 21.2 Å².